The molecule has 1 saturated heterocycles. The number of anilines is 2. The molecular weight excluding hydrogens is 378 g/mol. The Hall–Kier alpha value is -3.28. The number of amides is 1. The molecule has 1 N–H and O–H groups in total. The molecule has 4 rings (SSSR count). The van der Waals surface area contributed by atoms with Crippen molar-refractivity contribution in [3.8, 4) is 5.75 Å². The van der Waals surface area contributed by atoms with Gasteiger partial charge in [-0.2, -0.15) is 0 Å². The predicted molar refractivity (Wildman–Crippen MR) is 117 cm³/mol. The summed E-state index contributed by atoms with van der Waals surface area (Å²) >= 11 is 0. The van der Waals surface area contributed by atoms with E-state index in [-0.39, 0.29) is 5.91 Å². The average Bonchev–Trinajstić information content (AvgIpc) is 3.11. The lowest BCUT2D eigenvalue weighted by Gasteiger charge is -2.28. The quantitative estimate of drug-likeness (QED) is 0.617. The lowest BCUT2D eigenvalue weighted by molar-refractivity contribution is 0.102. The lowest BCUT2D eigenvalue weighted by Crippen LogP contribution is -2.29. The zero-order valence-electron chi connectivity index (χ0n) is 17.5. The lowest BCUT2D eigenvalue weighted by atomic mass is 10.1. The maximum Gasteiger partial charge on any atom is 0.259 e. The van der Waals surface area contributed by atoms with Gasteiger partial charge >= 0.3 is 0 Å². The van der Waals surface area contributed by atoms with Crippen molar-refractivity contribution in [2.75, 3.05) is 23.3 Å². The summed E-state index contributed by atoms with van der Waals surface area (Å²) < 4.78 is 11.1. The molecule has 0 bridgehead atoms. The first-order chi connectivity index (χ1) is 14.6. The molecule has 0 atom stereocenters. The summed E-state index contributed by atoms with van der Waals surface area (Å²) in [6, 6.07) is 15.3. The minimum Gasteiger partial charge on any atom is -0.488 e. The second-order valence-electron chi connectivity index (χ2n) is 7.64. The number of aryl methyl sites for hydroxylation is 2. The number of hydrogen-bond acceptors (Lipinski definition) is 5. The summed E-state index contributed by atoms with van der Waals surface area (Å²) in [7, 11) is 0. The van der Waals surface area contributed by atoms with E-state index in [1.807, 2.05) is 38.1 Å². The fourth-order valence-corrected chi connectivity index (χ4v) is 3.74. The van der Waals surface area contributed by atoms with Crippen LogP contribution < -0.4 is 15.0 Å². The summed E-state index contributed by atoms with van der Waals surface area (Å²) in [5.41, 5.74) is 4.16. The number of hydrogen-bond donors (Lipinski definition) is 1. The third-order valence-corrected chi connectivity index (χ3v) is 5.53. The molecule has 156 valence electrons. The molecule has 1 aliphatic rings. The van der Waals surface area contributed by atoms with Gasteiger partial charge in [-0.3, -0.25) is 4.79 Å². The Morgan fingerprint density at radius 3 is 2.50 bits per heavy atom. The van der Waals surface area contributed by atoms with Gasteiger partial charge in [-0.1, -0.05) is 17.3 Å². The number of para-hydroxylation sites is 1. The summed E-state index contributed by atoms with van der Waals surface area (Å²) in [6.07, 6.45) is 3.79. The molecule has 2 heterocycles. The van der Waals surface area contributed by atoms with Gasteiger partial charge in [-0.25, -0.2) is 0 Å². The summed E-state index contributed by atoms with van der Waals surface area (Å²) in [4.78, 5) is 15.3. The van der Waals surface area contributed by atoms with Crippen molar-refractivity contribution in [3.05, 3.63) is 71.1 Å². The number of nitrogens with one attached hydrogen (secondary N) is 1. The van der Waals surface area contributed by atoms with Gasteiger partial charge in [0.15, 0.2) is 0 Å². The first-order valence-electron chi connectivity index (χ1n) is 10.4. The smallest absolute Gasteiger partial charge is 0.259 e. The molecule has 0 saturated carbocycles. The van der Waals surface area contributed by atoms with Gasteiger partial charge in [0.1, 0.15) is 18.1 Å². The van der Waals surface area contributed by atoms with Gasteiger partial charge in [-0.05, 0) is 69.5 Å². The van der Waals surface area contributed by atoms with E-state index in [1.54, 1.807) is 12.1 Å². The Bertz CT molecular complexity index is 985. The largest absolute Gasteiger partial charge is 0.488 e. The number of carbonyl (C=O) groups is 1. The summed E-state index contributed by atoms with van der Waals surface area (Å²) in [6.45, 7) is 6.23. The van der Waals surface area contributed by atoms with Crippen LogP contribution in [-0.4, -0.2) is 24.2 Å². The van der Waals surface area contributed by atoms with E-state index in [9.17, 15) is 4.79 Å². The molecule has 0 spiro atoms. The van der Waals surface area contributed by atoms with Gasteiger partial charge in [0.25, 0.3) is 5.91 Å². The first kappa shape index (κ1) is 20.0. The maximum absolute atomic E-state index is 12.9. The number of ether oxygens (including phenoxy) is 1. The van der Waals surface area contributed by atoms with Crippen LogP contribution in [0.5, 0.6) is 5.75 Å². The number of carbonyl (C=O) groups excluding carboxylic acids is 1. The van der Waals surface area contributed by atoms with Gasteiger partial charge in [-0.15, -0.1) is 0 Å². The first-order valence-corrected chi connectivity index (χ1v) is 10.4. The van der Waals surface area contributed by atoms with Gasteiger partial charge in [0.2, 0.25) is 0 Å². The molecule has 30 heavy (non-hydrogen) atoms. The van der Waals surface area contributed by atoms with Crippen molar-refractivity contribution < 1.29 is 14.1 Å². The fourth-order valence-electron chi connectivity index (χ4n) is 3.74. The molecule has 1 fully saturated rings. The second kappa shape index (κ2) is 9.03. The minimum absolute atomic E-state index is 0.199. The van der Waals surface area contributed by atoms with E-state index in [4.69, 9.17) is 9.26 Å². The van der Waals surface area contributed by atoms with Gasteiger partial charge in [0.05, 0.1) is 16.8 Å². The number of benzene rings is 2. The highest BCUT2D eigenvalue weighted by molar-refractivity contribution is 6.06. The molecule has 2 aromatic carbocycles. The van der Waals surface area contributed by atoms with E-state index < -0.39 is 0 Å². The Morgan fingerprint density at radius 1 is 1.07 bits per heavy atom. The van der Waals surface area contributed by atoms with Crippen LogP contribution in [0.3, 0.4) is 0 Å². The molecule has 0 radical (unpaired) electrons. The van der Waals surface area contributed by atoms with Crippen molar-refractivity contribution in [3.63, 3.8) is 0 Å². The zero-order chi connectivity index (χ0) is 20.9. The Kier molecular flexibility index (Phi) is 6.02. The van der Waals surface area contributed by atoms with Crippen LogP contribution in [0.15, 0.2) is 53.1 Å². The standard InChI is InChI=1S/C24H27N3O3/c1-17-22(18(2)30-26-17)16-29-23-9-5-4-8-21(23)24(28)25-19-10-12-20(13-11-19)27-14-6-3-7-15-27/h4-5,8-13H,3,6-7,14-16H2,1-2H3,(H,25,28). The topological polar surface area (TPSA) is 67.6 Å². The number of nitrogens with zero attached hydrogens (tertiary/aromatic N) is 2. The van der Waals surface area contributed by atoms with Crippen LogP contribution in [0.25, 0.3) is 0 Å². The molecule has 6 nitrogen and oxygen atoms in total. The minimum atomic E-state index is -0.199. The highest BCUT2D eigenvalue weighted by Gasteiger charge is 2.16. The summed E-state index contributed by atoms with van der Waals surface area (Å²) in [5, 5.41) is 6.92. The molecule has 1 aromatic heterocycles. The van der Waals surface area contributed by atoms with Crippen LogP contribution in [0, 0.1) is 13.8 Å². The van der Waals surface area contributed by atoms with Crippen molar-refractivity contribution >= 4 is 17.3 Å². The molecule has 0 unspecified atom stereocenters. The van der Waals surface area contributed by atoms with Crippen molar-refractivity contribution in [1.82, 2.24) is 5.16 Å². The highest BCUT2D eigenvalue weighted by atomic mass is 16.5. The number of rotatable bonds is 6. The van der Waals surface area contributed by atoms with Crippen LogP contribution in [0.4, 0.5) is 11.4 Å². The van der Waals surface area contributed by atoms with Crippen LogP contribution in [0.1, 0.15) is 46.6 Å². The number of aromatic nitrogens is 1. The van der Waals surface area contributed by atoms with E-state index in [1.165, 1.54) is 24.9 Å². The molecule has 6 heteroatoms. The molecule has 0 aliphatic carbocycles. The van der Waals surface area contributed by atoms with E-state index in [2.05, 4.69) is 27.5 Å². The SMILES string of the molecule is Cc1noc(C)c1COc1ccccc1C(=O)Nc1ccc(N2CCCCC2)cc1. The van der Waals surface area contributed by atoms with Crippen molar-refractivity contribution in [2.45, 2.75) is 39.7 Å². The summed E-state index contributed by atoms with van der Waals surface area (Å²) in [5.74, 6) is 1.05. The molecule has 1 aliphatic heterocycles. The fraction of sp³-hybridized carbons (Fsp3) is 0.333. The second-order valence-corrected chi connectivity index (χ2v) is 7.64. The Morgan fingerprint density at radius 2 is 1.80 bits per heavy atom. The van der Waals surface area contributed by atoms with Crippen LogP contribution in [-0.2, 0) is 6.61 Å². The van der Waals surface area contributed by atoms with E-state index in [0.29, 0.717) is 17.9 Å². The molecular formula is C24H27N3O3. The normalized spacial score (nSPS) is 13.9. The third-order valence-electron chi connectivity index (χ3n) is 5.53. The van der Waals surface area contributed by atoms with Crippen molar-refractivity contribution in [1.29, 1.82) is 0 Å². The zero-order valence-corrected chi connectivity index (χ0v) is 17.5. The Balaban J connectivity index is 1.43. The third kappa shape index (κ3) is 4.48. The van der Waals surface area contributed by atoms with E-state index in [0.717, 1.165) is 35.8 Å². The Labute approximate surface area is 176 Å². The highest BCUT2D eigenvalue weighted by Crippen LogP contribution is 2.25. The number of piperidine rings is 1. The van der Waals surface area contributed by atoms with Crippen LogP contribution in [0.2, 0.25) is 0 Å². The molecule has 1 amide bonds. The van der Waals surface area contributed by atoms with Crippen molar-refractivity contribution in [2.24, 2.45) is 0 Å². The monoisotopic (exact) mass is 405 g/mol. The predicted octanol–water partition coefficient (Wildman–Crippen LogP) is 5.11. The maximum atomic E-state index is 12.9. The van der Waals surface area contributed by atoms with E-state index >= 15 is 0 Å². The van der Waals surface area contributed by atoms with Gasteiger partial charge < -0.3 is 19.5 Å². The van der Waals surface area contributed by atoms with Crippen LogP contribution >= 0.6 is 0 Å². The van der Waals surface area contributed by atoms with Gasteiger partial charge in [0, 0.05) is 24.5 Å². The molecule has 3 aromatic rings. The average molecular weight is 405 g/mol.